The van der Waals surface area contributed by atoms with E-state index in [1.54, 1.807) is 6.07 Å². The van der Waals surface area contributed by atoms with Crippen LogP contribution in [0, 0.1) is 0 Å². The van der Waals surface area contributed by atoms with Crippen molar-refractivity contribution in [2.45, 2.75) is 31.2 Å². The molecule has 0 radical (unpaired) electrons. The number of fused-ring (bicyclic) bond motifs is 4. The Morgan fingerprint density at radius 2 is 2.08 bits per heavy atom. The van der Waals surface area contributed by atoms with E-state index in [0.29, 0.717) is 18.7 Å². The maximum Gasteiger partial charge on any atom is 0.416 e. The molecule has 3 N–H and O–H groups in total. The Hall–Kier alpha value is -3.68. The number of urea groups is 1. The lowest BCUT2D eigenvalue weighted by molar-refractivity contribution is -0.137. The number of alkyl halides is 3. The van der Waals surface area contributed by atoms with Crippen LogP contribution in [0.2, 0.25) is 5.02 Å². The van der Waals surface area contributed by atoms with Gasteiger partial charge < -0.3 is 19.8 Å². The van der Waals surface area contributed by atoms with E-state index in [1.807, 2.05) is 0 Å². The highest BCUT2D eigenvalue weighted by molar-refractivity contribution is 6.33. The lowest BCUT2D eigenvalue weighted by Crippen LogP contribution is -2.56. The second-order valence-electron chi connectivity index (χ2n) is 9.17. The van der Waals surface area contributed by atoms with Crippen LogP contribution >= 0.6 is 11.6 Å². The van der Waals surface area contributed by atoms with E-state index in [4.69, 9.17) is 21.4 Å². The Bertz CT molecular complexity index is 1380. The number of pyridine rings is 1. The molecule has 10 nitrogen and oxygen atoms in total. The Balaban J connectivity index is 1.48. The Labute approximate surface area is 226 Å². The minimum absolute atomic E-state index is 0.0763. The van der Waals surface area contributed by atoms with Gasteiger partial charge in [0.25, 0.3) is 0 Å². The fourth-order valence-electron chi connectivity index (χ4n) is 4.63. The third-order valence-electron chi connectivity index (χ3n) is 6.46. The van der Waals surface area contributed by atoms with Gasteiger partial charge in [0.05, 0.1) is 34.6 Å². The number of carbonyl (C=O) groups is 1. The fraction of sp³-hybridized carbons (Fsp3) is 0.360. The molecule has 2 atom stereocenters. The summed E-state index contributed by atoms with van der Waals surface area (Å²) >= 11 is 6.52. The van der Waals surface area contributed by atoms with Gasteiger partial charge in [0.1, 0.15) is 24.9 Å². The van der Waals surface area contributed by atoms with Gasteiger partial charge in [-0.25, -0.2) is 19.7 Å². The number of hydrogen-bond donors (Lipinski definition) is 3. The summed E-state index contributed by atoms with van der Waals surface area (Å²) < 4.78 is 45.4. The Morgan fingerprint density at radius 1 is 1.26 bits per heavy atom. The summed E-state index contributed by atoms with van der Waals surface area (Å²) in [4.78, 5) is 29.7. The van der Waals surface area contributed by atoms with Crippen molar-refractivity contribution in [1.29, 1.82) is 0 Å². The van der Waals surface area contributed by atoms with Crippen LogP contribution in [-0.2, 0) is 6.18 Å². The number of nitrogens with zero attached hydrogens (tertiary/aromatic N) is 5. The summed E-state index contributed by atoms with van der Waals surface area (Å²) in [6.45, 7) is 0.576. The maximum absolute atomic E-state index is 13.6. The van der Waals surface area contributed by atoms with E-state index < -0.39 is 30.5 Å². The van der Waals surface area contributed by atoms with Crippen LogP contribution in [0.25, 0.3) is 11.3 Å². The minimum Gasteiger partial charge on any atom is -0.475 e. The molecule has 206 valence electrons. The van der Waals surface area contributed by atoms with Crippen molar-refractivity contribution >= 4 is 35.0 Å². The lowest BCUT2D eigenvalue weighted by Gasteiger charge is -2.46. The smallest absolute Gasteiger partial charge is 0.416 e. The third kappa shape index (κ3) is 5.70. The second-order valence-corrected chi connectivity index (χ2v) is 9.58. The summed E-state index contributed by atoms with van der Waals surface area (Å²) in [5.74, 6) is 0.472. The molecule has 1 saturated heterocycles. The third-order valence-corrected chi connectivity index (χ3v) is 6.75. The number of nitrogens with one attached hydrogen (secondary N) is 1. The molecule has 0 saturated carbocycles. The molecule has 1 aromatic carbocycles. The van der Waals surface area contributed by atoms with E-state index in [2.05, 4.69) is 25.2 Å². The van der Waals surface area contributed by atoms with E-state index in [-0.39, 0.29) is 46.4 Å². The number of amides is 2. The van der Waals surface area contributed by atoms with E-state index in [1.165, 1.54) is 29.4 Å². The number of carbonyl (C=O) groups excluding carboxylic acids is 1. The van der Waals surface area contributed by atoms with Gasteiger partial charge in [-0.15, -0.1) is 0 Å². The van der Waals surface area contributed by atoms with Crippen molar-refractivity contribution in [3.8, 4) is 17.1 Å². The van der Waals surface area contributed by atoms with Crippen LogP contribution < -0.4 is 19.9 Å². The first-order valence-corrected chi connectivity index (χ1v) is 12.5. The largest absolute Gasteiger partial charge is 0.475 e. The number of piperidine rings is 1. The first kappa shape index (κ1) is 26.9. The molecule has 0 aliphatic carbocycles. The van der Waals surface area contributed by atoms with Crippen LogP contribution in [0.15, 0.2) is 42.7 Å². The summed E-state index contributed by atoms with van der Waals surface area (Å²) in [6, 6.07) is 6.92. The maximum atomic E-state index is 13.6. The van der Waals surface area contributed by atoms with E-state index in [0.717, 1.165) is 25.1 Å². The number of aliphatic hydroxyl groups excluding tert-OH is 2. The van der Waals surface area contributed by atoms with Gasteiger partial charge in [-0.1, -0.05) is 23.7 Å². The molecular weight excluding hydrogens is 541 g/mol. The van der Waals surface area contributed by atoms with Crippen LogP contribution in [0.3, 0.4) is 0 Å². The highest BCUT2D eigenvalue weighted by atomic mass is 35.5. The SMILES string of the molecule is O=C(Nc1cc(OCC(O)CO)ncn1)N1c2nc(-c3cccc(C(F)(F)F)c3)c(Cl)cc2N2CCC[C@H]1C2. The van der Waals surface area contributed by atoms with Crippen molar-refractivity contribution in [2.75, 3.05) is 41.4 Å². The number of hydrogen-bond acceptors (Lipinski definition) is 8. The van der Waals surface area contributed by atoms with Gasteiger partial charge in [0.2, 0.25) is 5.88 Å². The van der Waals surface area contributed by atoms with Crippen LogP contribution in [0.4, 0.5) is 35.3 Å². The van der Waals surface area contributed by atoms with Gasteiger partial charge in [0, 0.05) is 24.7 Å². The van der Waals surface area contributed by atoms with Gasteiger partial charge in [-0.2, -0.15) is 13.2 Å². The number of rotatable bonds is 6. The Kier molecular flexibility index (Phi) is 7.47. The zero-order chi connectivity index (χ0) is 27.7. The summed E-state index contributed by atoms with van der Waals surface area (Å²) in [5, 5.41) is 21.3. The van der Waals surface area contributed by atoms with Crippen LogP contribution in [-0.4, -0.2) is 69.6 Å². The second kappa shape index (κ2) is 10.8. The van der Waals surface area contributed by atoms with Crippen LogP contribution in [0.1, 0.15) is 18.4 Å². The number of benzene rings is 1. The summed E-state index contributed by atoms with van der Waals surface area (Å²) in [6.07, 6.45) is -2.95. The highest BCUT2D eigenvalue weighted by Crippen LogP contribution is 2.43. The quantitative estimate of drug-likeness (QED) is 0.411. The molecule has 2 amide bonds. The van der Waals surface area contributed by atoms with E-state index >= 15 is 0 Å². The molecule has 5 rings (SSSR count). The Morgan fingerprint density at radius 3 is 2.85 bits per heavy atom. The highest BCUT2D eigenvalue weighted by Gasteiger charge is 2.39. The standard InChI is InChI=1S/C25H24ClF3N6O4/c26-18-8-19-23(33-22(18)14-3-1-4-15(7-14)25(27,28)29)35(16-5-2-6-34(19)10-16)24(38)32-20-9-21(31-13-30-20)39-12-17(37)11-36/h1,3-4,7-9,13,16-17,36-37H,2,5-6,10-12H2,(H,30,31,32,38)/t16-,17?/m0/s1. The van der Waals surface area contributed by atoms with Crippen molar-refractivity contribution in [2.24, 2.45) is 0 Å². The fourth-order valence-corrected chi connectivity index (χ4v) is 4.89. The number of halogens is 4. The molecule has 4 heterocycles. The average Bonchev–Trinajstić information content (AvgIpc) is 2.92. The normalized spacial score (nSPS) is 17.4. The molecule has 39 heavy (non-hydrogen) atoms. The van der Waals surface area contributed by atoms with Crippen molar-refractivity contribution in [3.63, 3.8) is 0 Å². The first-order valence-electron chi connectivity index (χ1n) is 12.1. The molecule has 2 aromatic heterocycles. The zero-order valence-corrected chi connectivity index (χ0v) is 21.2. The lowest BCUT2D eigenvalue weighted by atomic mass is 9.99. The van der Waals surface area contributed by atoms with E-state index in [9.17, 15) is 23.1 Å². The van der Waals surface area contributed by atoms with Gasteiger partial charge in [-0.05, 0) is 31.0 Å². The predicted molar refractivity (Wildman–Crippen MR) is 137 cm³/mol. The van der Waals surface area contributed by atoms with Crippen molar-refractivity contribution in [3.05, 3.63) is 53.3 Å². The molecule has 14 heteroatoms. The molecule has 1 fully saturated rings. The monoisotopic (exact) mass is 564 g/mol. The molecule has 3 aromatic rings. The molecular formula is C25H24ClF3N6O4. The number of ether oxygens (including phenoxy) is 1. The summed E-state index contributed by atoms with van der Waals surface area (Å²) in [5.41, 5.74) is 0.0673. The van der Waals surface area contributed by atoms with Crippen molar-refractivity contribution in [1.82, 2.24) is 15.0 Å². The minimum atomic E-state index is -4.54. The van der Waals surface area contributed by atoms with Gasteiger partial charge in [0.15, 0.2) is 5.82 Å². The number of aromatic nitrogens is 3. The van der Waals surface area contributed by atoms with Crippen molar-refractivity contribution < 1.29 is 32.9 Å². The number of anilines is 3. The van der Waals surface area contributed by atoms with Gasteiger partial charge in [-0.3, -0.25) is 10.2 Å². The molecule has 0 spiro atoms. The predicted octanol–water partition coefficient (Wildman–Crippen LogP) is 3.96. The molecule has 1 unspecified atom stereocenters. The number of aliphatic hydroxyl groups is 2. The average molecular weight is 565 g/mol. The van der Waals surface area contributed by atoms with Crippen LogP contribution in [0.5, 0.6) is 5.88 Å². The first-order chi connectivity index (χ1) is 18.6. The molecule has 2 aliphatic heterocycles. The zero-order valence-electron chi connectivity index (χ0n) is 20.4. The molecule has 2 aliphatic rings. The topological polar surface area (TPSA) is 124 Å². The summed E-state index contributed by atoms with van der Waals surface area (Å²) in [7, 11) is 0. The van der Waals surface area contributed by atoms with Gasteiger partial charge >= 0.3 is 12.2 Å². The molecule has 2 bridgehead atoms.